The van der Waals surface area contributed by atoms with Crippen LogP contribution in [-0.4, -0.2) is 30.0 Å². The lowest BCUT2D eigenvalue weighted by atomic mass is 10.5. The number of hydrogen-bond acceptors (Lipinski definition) is 6. The first-order valence-corrected chi connectivity index (χ1v) is 7.49. The fourth-order valence-electron chi connectivity index (χ4n) is 0.489. The van der Waals surface area contributed by atoms with Crippen LogP contribution in [0.25, 0.3) is 0 Å². The molecule has 0 heterocycles. The van der Waals surface area contributed by atoms with Crippen LogP contribution in [0, 0.1) is 0 Å². The second-order valence-electron chi connectivity index (χ2n) is 2.46. The minimum atomic E-state index is -4.64. The first kappa shape index (κ1) is 13.8. The maximum absolute atomic E-state index is 11.0. The molecule has 0 rings (SSSR count). The zero-order valence-electron chi connectivity index (χ0n) is 8.09. The molecule has 0 radical (unpaired) electrons. The molecule has 0 aliphatic rings. The van der Waals surface area contributed by atoms with Gasteiger partial charge in [-0.1, -0.05) is 13.8 Å². The van der Waals surface area contributed by atoms with Crippen LogP contribution in [0.4, 0.5) is 0 Å². The highest BCUT2D eigenvalue weighted by Gasteiger charge is 2.31. The van der Waals surface area contributed by atoms with Crippen LogP contribution >= 0.6 is 0 Å². The van der Waals surface area contributed by atoms with Crippen LogP contribution in [0.5, 0.6) is 0 Å². The van der Waals surface area contributed by atoms with Crippen LogP contribution in [0.1, 0.15) is 26.7 Å². The largest absolute Gasteiger partial charge is 0.400 e. The first-order chi connectivity index (χ1) is 6.37. The van der Waals surface area contributed by atoms with Gasteiger partial charge < -0.3 is 0 Å². The van der Waals surface area contributed by atoms with Gasteiger partial charge in [-0.15, -0.1) is 0 Å². The highest BCUT2D eigenvalue weighted by Crippen LogP contribution is 2.08. The van der Waals surface area contributed by atoms with Crippen molar-refractivity contribution >= 4 is 18.3 Å². The van der Waals surface area contributed by atoms with E-state index in [-0.39, 0.29) is 13.2 Å². The third kappa shape index (κ3) is 3.91. The molecule has 0 aliphatic heterocycles. The van der Waals surface area contributed by atoms with Crippen LogP contribution in [-0.2, 0) is 26.7 Å². The summed E-state index contributed by atoms with van der Waals surface area (Å²) in [5, 5.41) is 0. The minimum absolute atomic E-state index is 0.170. The maximum Gasteiger partial charge on any atom is 0.400 e. The number of hydrogen-bond donors (Lipinski definition) is 0. The van der Waals surface area contributed by atoms with E-state index in [1.165, 1.54) is 0 Å². The Morgan fingerprint density at radius 2 is 1.07 bits per heavy atom. The lowest BCUT2D eigenvalue weighted by molar-refractivity contribution is 0.301. The molecule has 0 N–H and O–H groups in total. The lowest BCUT2D eigenvalue weighted by Gasteiger charge is -2.04. The summed E-state index contributed by atoms with van der Waals surface area (Å²) in [6.45, 7) is 2.98. The van der Waals surface area contributed by atoms with Crippen molar-refractivity contribution in [2.45, 2.75) is 26.7 Å². The molecule has 14 heavy (non-hydrogen) atoms. The van der Waals surface area contributed by atoms with E-state index in [4.69, 9.17) is 0 Å². The van der Waals surface area contributed by atoms with Crippen molar-refractivity contribution in [3.63, 3.8) is 0 Å². The summed E-state index contributed by atoms with van der Waals surface area (Å²) in [5.41, 5.74) is 0. The van der Waals surface area contributed by atoms with Crippen molar-refractivity contribution < 1.29 is 25.2 Å². The van der Waals surface area contributed by atoms with Crippen molar-refractivity contribution in [3.8, 4) is 0 Å². The van der Waals surface area contributed by atoms with E-state index in [9.17, 15) is 16.8 Å². The lowest BCUT2D eigenvalue weighted by Crippen LogP contribution is -2.21. The molecule has 0 atom stereocenters. The summed E-state index contributed by atoms with van der Waals surface area (Å²) in [6, 6.07) is 0. The third-order valence-electron chi connectivity index (χ3n) is 1.11. The smallest absolute Gasteiger partial charge is 0.257 e. The minimum Gasteiger partial charge on any atom is -0.257 e. The molecule has 0 bridgehead atoms. The second kappa shape index (κ2) is 5.64. The molecule has 0 fully saturated rings. The molecule has 0 unspecified atom stereocenters. The summed E-state index contributed by atoms with van der Waals surface area (Å²) in [7, 11) is -9.29. The van der Waals surface area contributed by atoms with Crippen molar-refractivity contribution in [1.82, 2.24) is 0 Å². The quantitative estimate of drug-likeness (QED) is 0.605. The van der Waals surface area contributed by atoms with Gasteiger partial charge >= 0.3 is 18.3 Å². The monoisotopic (exact) mass is 246 g/mol. The fourth-order valence-corrected chi connectivity index (χ4v) is 2.58. The van der Waals surface area contributed by atoms with Crippen LogP contribution in [0.3, 0.4) is 0 Å². The van der Waals surface area contributed by atoms with Gasteiger partial charge in [0.1, 0.15) is 0 Å². The molecule has 0 aromatic rings. The van der Waals surface area contributed by atoms with Gasteiger partial charge in [-0.05, 0) is 12.8 Å². The second-order valence-corrected chi connectivity index (χ2v) is 7.01. The molecule has 0 saturated heterocycles. The number of rotatable bonds is 7. The van der Waals surface area contributed by atoms with Crippen molar-refractivity contribution in [3.05, 3.63) is 0 Å². The van der Waals surface area contributed by atoms with Crippen molar-refractivity contribution in [2.24, 2.45) is 0 Å². The molecule has 6 nitrogen and oxygen atoms in total. The van der Waals surface area contributed by atoms with Gasteiger partial charge in [0.05, 0.1) is 13.2 Å². The van der Waals surface area contributed by atoms with E-state index < -0.39 is 18.3 Å². The third-order valence-corrected chi connectivity index (χ3v) is 4.60. The summed E-state index contributed by atoms with van der Waals surface area (Å²) < 4.78 is 52.3. The van der Waals surface area contributed by atoms with E-state index in [1.807, 2.05) is 0 Å². The molecular weight excluding hydrogens is 232 g/mol. The maximum atomic E-state index is 11.0. The first-order valence-electron chi connectivity index (χ1n) is 4.16. The molecular formula is C6H14O6S2. The van der Waals surface area contributed by atoms with E-state index in [2.05, 4.69) is 8.37 Å². The summed E-state index contributed by atoms with van der Waals surface area (Å²) >= 11 is 0. The van der Waals surface area contributed by atoms with Gasteiger partial charge in [-0.3, -0.25) is 8.37 Å². The molecule has 8 heteroatoms. The zero-order valence-corrected chi connectivity index (χ0v) is 9.73. The van der Waals surface area contributed by atoms with E-state index >= 15 is 0 Å². The Morgan fingerprint density at radius 3 is 1.29 bits per heavy atom. The molecule has 0 aliphatic carbocycles. The van der Waals surface area contributed by atoms with Gasteiger partial charge in [0.2, 0.25) is 0 Å². The normalized spacial score (nSPS) is 13.0. The molecule has 0 saturated carbocycles. The summed E-state index contributed by atoms with van der Waals surface area (Å²) in [6.07, 6.45) is 0.811. The average molecular weight is 246 g/mol. The van der Waals surface area contributed by atoms with Crippen LogP contribution < -0.4 is 0 Å². The Hall–Kier alpha value is -0.180. The van der Waals surface area contributed by atoms with E-state index in [0.717, 1.165) is 0 Å². The Kier molecular flexibility index (Phi) is 5.57. The molecule has 86 valence electrons. The Morgan fingerprint density at radius 1 is 0.786 bits per heavy atom. The molecule has 0 aromatic heterocycles. The standard InChI is InChI=1S/C6H14O6S2/c1-3-5-11-13(7,8)14(9,10)12-6-4-2/h3-6H2,1-2H3. The van der Waals surface area contributed by atoms with Crippen molar-refractivity contribution in [2.75, 3.05) is 13.2 Å². The van der Waals surface area contributed by atoms with Crippen LogP contribution in [0.2, 0.25) is 0 Å². The van der Waals surface area contributed by atoms with Gasteiger partial charge in [-0.25, -0.2) is 0 Å². The molecule has 0 spiro atoms. The van der Waals surface area contributed by atoms with Gasteiger partial charge in [-0.2, -0.15) is 16.8 Å². The Balaban J connectivity index is 4.55. The van der Waals surface area contributed by atoms with E-state index in [1.54, 1.807) is 13.8 Å². The topological polar surface area (TPSA) is 86.7 Å². The highest BCUT2D eigenvalue weighted by atomic mass is 33.2. The highest BCUT2D eigenvalue weighted by molar-refractivity contribution is 8.63. The summed E-state index contributed by atoms with van der Waals surface area (Å²) in [5.74, 6) is 0. The molecule has 0 aromatic carbocycles. The van der Waals surface area contributed by atoms with Gasteiger partial charge in [0.25, 0.3) is 0 Å². The predicted molar refractivity (Wildman–Crippen MR) is 50.3 cm³/mol. The molecule has 0 amide bonds. The average Bonchev–Trinajstić information content (AvgIpc) is 2.11. The summed E-state index contributed by atoms with van der Waals surface area (Å²) in [4.78, 5) is 0. The van der Waals surface area contributed by atoms with E-state index in [0.29, 0.717) is 12.8 Å². The van der Waals surface area contributed by atoms with Crippen LogP contribution in [0.15, 0.2) is 0 Å². The van der Waals surface area contributed by atoms with Crippen molar-refractivity contribution in [1.29, 1.82) is 0 Å². The Bertz CT molecular complexity index is 305. The van der Waals surface area contributed by atoms with Gasteiger partial charge in [0.15, 0.2) is 0 Å². The fraction of sp³-hybridized carbons (Fsp3) is 1.00. The Labute approximate surface area is 83.9 Å². The SMILES string of the molecule is CCCOS(=O)(=O)S(=O)(=O)OCCC. The zero-order chi connectivity index (χ0) is 11.2. The predicted octanol–water partition coefficient (Wildman–Crippen LogP) is 0.414. The van der Waals surface area contributed by atoms with Gasteiger partial charge in [0, 0.05) is 0 Å².